The van der Waals surface area contributed by atoms with Crippen molar-refractivity contribution in [1.29, 1.82) is 0 Å². The zero-order valence-corrected chi connectivity index (χ0v) is 12.8. The number of hydrogen-bond donors (Lipinski definition) is 0. The third-order valence-corrected chi connectivity index (χ3v) is 4.03. The van der Waals surface area contributed by atoms with Gasteiger partial charge in [0.1, 0.15) is 0 Å². The molecule has 19 heavy (non-hydrogen) atoms. The van der Waals surface area contributed by atoms with Crippen molar-refractivity contribution in [2.75, 3.05) is 0 Å². The molecule has 1 nitrogen and oxygen atoms in total. The first-order valence-electron chi connectivity index (χ1n) is 5.53. The van der Waals surface area contributed by atoms with E-state index in [-0.39, 0.29) is 0 Å². The summed E-state index contributed by atoms with van der Waals surface area (Å²) in [6.45, 7) is 0.611. The molecular weight excluding hydrogens is 326 g/mol. The van der Waals surface area contributed by atoms with E-state index in [0.29, 0.717) is 33.3 Å². The number of ether oxygens (including phenoxy) is 1. The average Bonchev–Trinajstić information content (AvgIpc) is 2.36. The Morgan fingerprint density at radius 1 is 0.632 bits per heavy atom. The van der Waals surface area contributed by atoms with Gasteiger partial charge in [-0.2, -0.15) is 0 Å². The van der Waals surface area contributed by atoms with Crippen LogP contribution in [0.1, 0.15) is 11.1 Å². The Labute approximate surface area is 132 Å². The molecule has 0 heterocycles. The summed E-state index contributed by atoms with van der Waals surface area (Å²) in [7, 11) is 0. The normalized spacial score (nSPS) is 10.7. The Bertz CT molecular complexity index is 492. The summed E-state index contributed by atoms with van der Waals surface area (Å²) in [4.78, 5) is 0. The minimum Gasteiger partial charge on any atom is -0.372 e. The van der Waals surface area contributed by atoms with E-state index >= 15 is 0 Å². The molecule has 100 valence electrons. The van der Waals surface area contributed by atoms with Crippen LogP contribution in [0.5, 0.6) is 0 Å². The fourth-order valence-electron chi connectivity index (χ4n) is 1.60. The van der Waals surface area contributed by atoms with E-state index < -0.39 is 0 Å². The molecule has 0 fully saturated rings. The lowest BCUT2D eigenvalue weighted by Gasteiger charge is -2.10. The molecule has 0 bridgehead atoms. The highest BCUT2D eigenvalue weighted by Crippen LogP contribution is 2.28. The van der Waals surface area contributed by atoms with E-state index in [1.807, 2.05) is 0 Å². The van der Waals surface area contributed by atoms with Crippen molar-refractivity contribution in [3.05, 3.63) is 67.6 Å². The maximum atomic E-state index is 6.06. The van der Waals surface area contributed by atoms with E-state index in [1.54, 1.807) is 36.4 Å². The molecule has 0 saturated carbocycles. The molecule has 0 unspecified atom stereocenters. The molecule has 0 atom stereocenters. The summed E-state index contributed by atoms with van der Waals surface area (Å²) < 4.78 is 5.59. The monoisotopic (exact) mass is 334 g/mol. The first-order chi connectivity index (χ1) is 9.09. The molecule has 0 aliphatic rings. The predicted molar refractivity (Wildman–Crippen MR) is 81.4 cm³/mol. The van der Waals surface area contributed by atoms with E-state index in [2.05, 4.69) is 0 Å². The van der Waals surface area contributed by atoms with Crippen LogP contribution in [0.15, 0.2) is 36.4 Å². The maximum absolute atomic E-state index is 6.06. The zero-order valence-electron chi connectivity index (χ0n) is 9.80. The Morgan fingerprint density at radius 2 is 0.947 bits per heavy atom. The number of hydrogen-bond acceptors (Lipinski definition) is 1. The fraction of sp³-hybridized carbons (Fsp3) is 0.143. The lowest BCUT2D eigenvalue weighted by atomic mass is 10.2. The van der Waals surface area contributed by atoms with Crippen LogP contribution in [-0.2, 0) is 18.0 Å². The van der Waals surface area contributed by atoms with Gasteiger partial charge in [-0.15, -0.1) is 0 Å². The summed E-state index contributed by atoms with van der Waals surface area (Å²) in [5.74, 6) is 0. The topological polar surface area (TPSA) is 9.23 Å². The van der Waals surface area contributed by atoms with Crippen LogP contribution in [0.3, 0.4) is 0 Å². The fourth-order valence-corrected chi connectivity index (χ4v) is 2.61. The van der Waals surface area contributed by atoms with Crippen LogP contribution in [-0.4, -0.2) is 0 Å². The zero-order chi connectivity index (χ0) is 13.8. The Morgan fingerprint density at radius 3 is 1.26 bits per heavy atom. The van der Waals surface area contributed by atoms with Crippen LogP contribution in [0.25, 0.3) is 0 Å². The van der Waals surface area contributed by atoms with Crippen molar-refractivity contribution in [2.24, 2.45) is 0 Å². The molecule has 0 spiro atoms. The SMILES string of the molecule is Clc1cccc(Cl)c1COCc1c(Cl)cccc1Cl. The van der Waals surface area contributed by atoms with Crippen LogP contribution >= 0.6 is 46.4 Å². The smallest absolute Gasteiger partial charge is 0.0750 e. The molecule has 0 aromatic heterocycles. The van der Waals surface area contributed by atoms with E-state index in [1.165, 1.54) is 0 Å². The Balaban J connectivity index is 2.05. The molecule has 0 N–H and O–H groups in total. The van der Waals surface area contributed by atoms with Crippen molar-refractivity contribution < 1.29 is 4.74 Å². The van der Waals surface area contributed by atoms with Crippen LogP contribution < -0.4 is 0 Å². The first kappa shape index (κ1) is 15.0. The molecule has 2 aromatic carbocycles. The van der Waals surface area contributed by atoms with Gasteiger partial charge in [-0.3, -0.25) is 0 Å². The molecule has 0 aliphatic carbocycles. The van der Waals surface area contributed by atoms with Crippen LogP contribution in [0, 0.1) is 0 Å². The van der Waals surface area contributed by atoms with Gasteiger partial charge in [0.25, 0.3) is 0 Å². The summed E-state index contributed by atoms with van der Waals surface area (Å²) >= 11 is 24.2. The summed E-state index contributed by atoms with van der Waals surface area (Å²) in [5.41, 5.74) is 1.52. The lowest BCUT2D eigenvalue weighted by Crippen LogP contribution is -1.97. The van der Waals surface area contributed by atoms with Crippen molar-refractivity contribution in [2.45, 2.75) is 13.2 Å². The van der Waals surface area contributed by atoms with Crippen molar-refractivity contribution >= 4 is 46.4 Å². The molecular formula is C14H10Cl4O. The van der Waals surface area contributed by atoms with Crippen LogP contribution in [0.2, 0.25) is 20.1 Å². The molecule has 2 aromatic rings. The highest BCUT2D eigenvalue weighted by Gasteiger charge is 2.08. The van der Waals surface area contributed by atoms with Gasteiger partial charge < -0.3 is 4.74 Å². The van der Waals surface area contributed by atoms with Gasteiger partial charge in [0, 0.05) is 31.2 Å². The molecule has 5 heteroatoms. The largest absolute Gasteiger partial charge is 0.372 e. The minimum atomic E-state index is 0.306. The minimum absolute atomic E-state index is 0.306. The second kappa shape index (κ2) is 6.83. The Kier molecular flexibility index (Phi) is 5.37. The molecule has 0 amide bonds. The Hall–Kier alpha value is -0.440. The second-order valence-electron chi connectivity index (χ2n) is 3.89. The molecule has 0 saturated heterocycles. The summed E-state index contributed by atoms with van der Waals surface area (Å²) in [6.07, 6.45) is 0. The average molecular weight is 336 g/mol. The molecule has 2 rings (SSSR count). The van der Waals surface area contributed by atoms with E-state index in [4.69, 9.17) is 51.1 Å². The van der Waals surface area contributed by atoms with Gasteiger partial charge in [-0.05, 0) is 24.3 Å². The van der Waals surface area contributed by atoms with Gasteiger partial charge in [-0.25, -0.2) is 0 Å². The highest BCUT2D eigenvalue weighted by molar-refractivity contribution is 6.36. The van der Waals surface area contributed by atoms with E-state index in [9.17, 15) is 0 Å². The quantitative estimate of drug-likeness (QED) is 0.664. The predicted octanol–water partition coefficient (Wildman–Crippen LogP) is 6.02. The van der Waals surface area contributed by atoms with Gasteiger partial charge in [0.15, 0.2) is 0 Å². The van der Waals surface area contributed by atoms with Gasteiger partial charge in [0.2, 0.25) is 0 Å². The number of halogens is 4. The standard InChI is InChI=1S/C14H10Cl4O/c15-11-3-1-4-12(16)9(11)7-19-8-10-13(17)5-2-6-14(10)18/h1-6H,7-8H2. The second-order valence-corrected chi connectivity index (χ2v) is 5.52. The number of benzene rings is 2. The third kappa shape index (κ3) is 3.77. The molecule has 0 radical (unpaired) electrons. The third-order valence-electron chi connectivity index (χ3n) is 2.62. The van der Waals surface area contributed by atoms with Crippen molar-refractivity contribution in [3.63, 3.8) is 0 Å². The van der Waals surface area contributed by atoms with Crippen LogP contribution in [0.4, 0.5) is 0 Å². The van der Waals surface area contributed by atoms with Crippen molar-refractivity contribution in [3.8, 4) is 0 Å². The van der Waals surface area contributed by atoms with Gasteiger partial charge >= 0.3 is 0 Å². The first-order valence-corrected chi connectivity index (χ1v) is 7.04. The van der Waals surface area contributed by atoms with Crippen molar-refractivity contribution in [1.82, 2.24) is 0 Å². The van der Waals surface area contributed by atoms with E-state index in [0.717, 1.165) is 11.1 Å². The van der Waals surface area contributed by atoms with Gasteiger partial charge in [-0.1, -0.05) is 58.5 Å². The lowest BCUT2D eigenvalue weighted by molar-refractivity contribution is 0.107. The highest BCUT2D eigenvalue weighted by atomic mass is 35.5. The summed E-state index contributed by atoms with van der Waals surface area (Å²) in [6, 6.07) is 10.7. The number of rotatable bonds is 4. The summed E-state index contributed by atoms with van der Waals surface area (Å²) in [5, 5.41) is 2.33. The van der Waals surface area contributed by atoms with Gasteiger partial charge in [0.05, 0.1) is 13.2 Å². The maximum Gasteiger partial charge on any atom is 0.0750 e. The molecule has 0 aliphatic heterocycles.